The van der Waals surface area contributed by atoms with Gasteiger partial charge in [-0.25, -0.2) is 9.67 Å². The Labute approximate surface area is 116 Å². The zero-order valence-corrected chi connectivity index (χ0v) is 11.3. The van der Waals surface area contributed by atoms with Gasteiger partial charge in [0.15, 0.2) is 0 Å². The van der Waals surface area contributed by atoms with Crippen molar-refractivity contribution < 1.29 is 4.74 Å². The van der Waals surface area contributed by atoms with Gasteiger partial charge in [0.1, 0.15) is 0 Å². The maximum atomic E-state index is 12.1. The first-order valence-corrected chi connectivity index (χ1v) is 6.56. The van der Waals surface area contributed by atoms with Crippen molar-refractivity contribution in [2.45, 2.75) is 19.5 Å². The molecule has 3 rings (SSSR count). The lowest BCUT2D eigenvalue weighted by Gasteiger charge is -2.17. The zero-order chi connectivity index (χ0) is 13.9. The quantitative estimate of drug-likeness (QED) is 0.872. The Morgan fingerprint density at radius 1 is 1.50 bits per heavy atom. The van der Waals surface area contributed by atoms with Crippen molar-refractivity contribution in [1.82, 2.24) is 20.1 Å². The smallest absolute Gasteiger partial charge is 0.267 e. The Morgan fingerprint density at radius 2 is 2.40 bits per heavy atom. The minimum atomic E-state index is -0.0987. The summed E-state index contributed by atoms with van der Waals surface area (Å²) in [5.41, 5.74) is 2.73. The highest BCUT2D eigenvalue weighted by Gasteiger charge is 2.14. The molecule has 104 valence electrons. The fraction of sp³-hybridized carbons (Fsp3) is 0.357. The van der Waals surface area contributed by atoms with Gasteiger partial charge in [-0.2, -0.15) is 5.10 Å². The summed E-state index contributed by atoms with van der Waals surface area (Å²) in [5, 5.41) is 7.70. The fourth-order valence-electron chi connectivity index (χ4n) is 2.36. The van der Waals surface area contributed by atoms with Crippen LogP contribution in [0.3, 0.4) is 0 Å². The molecule has 3 heterocycles. The van der Waals surface area contributed by atoms with Gasteiger partial charge in [0.2, 0.25) is 5.88 Å². The van der Waals surface area contributed by atoms with Crippen molar-refractivity contribution in [3.63, 3.8) is 0 Å². The van der Waals surface area contributed by atoms with Crippen molar-refractivity contribution in [2.75, 3.05) is 13.7 Å². The molecule has 20 heavy (non-hydrogen) atoms. The van der Waals surface area contributed by atoms with Gasteiger partial charge in [0, 0.05) is 37.3 Å². The molecule has 0 spiro atoms. The van der Waals surface area contributed by atoms with E-state index in [0.29, 0.717) is 19.0 Å². The summed E-state index contributed by atoms with van der Waals surface area (Å²) in [6, 6.07) is 5.38. The van der Waals surface area contributed by atoms with Crippen molar-refractivity contribution in [3.05, 3.63) is 51.6 Å². The van der Waals surface area contributed by atoms with Crippen molar-refractivity contribution in [2.24, 2.45) is 0 Å². The topological polar surface area (TPSA) is 69.0 Å². The second-order valence-electron chi connectivity index (χ2n) is 4.71. The van der Waals surface area contributed by atoms with Crippen molar-refractivity contribution in [1.29, 1.82) is 0 Å². The van der Waals surface area contributed by atoms with Crippen LogP contribution in [0.15, 0.2) is 29.2 Å². The highest BCUT2D eigenvalue weighted by Crippen LogP contribution is 2.14. The molecule has 0 amide bonds. The lowest BCUT2D eigenvalue weighted by molar-refractivity contribution is 0.389. The van der Waals surface area contributed by atoms with E-state index < -0.39 is 0 Å². The Morgan fingerprint density at radius 3 is 3.25 bits per heavy atom. The highest BCUT2D eigenvalue weighted by molar-refractivity contribution is 5.26. The van der Waals surface area contributed by atoms with Crippen LogP contribution in [0.1, 0.15) is 16.8 Å². The minimum absolute atomic E-state index is 0.0987. The molecule has 0 bridgehead atoms. The lowest BCUT2D eigenvalue weighted by atomic mass is 10.1. The van der Waals surface area contributed by atoms with Crippen LogP contribution < -0.4 is 15.6 Å². The number of rotatable bonds is 3. The van der Waals surface area contributed by atoms with E-state index in [0.717, 1.165) is 29.8 Å². The third kappa shape index (κ3) is 2.42. The summed E-state index contributed by atoms with van der Waals surface area (Å²) < 4.78 is 6.68. The molecule has 0 fully saturated rings. The molecule has 0 radical (unpaired) electrons. The number of nitrogens with zero attached hydrogens (tertiary/aromatic N) is 3. The van der Waals surface area contributed by atoms with E-state index >= 15 is 0 Å². The standard InChI is InChI=1S/C14H16N4O2/c1-20-14-10(3-2-5-16-14)9-18-13(19)7-11-8-15-6-4-12(11)17-18/h2-3,5,7,15H,4,6,8-9H2,1H3. The molecule has 6 nitrogen and oxygen atoms in total. The monoisotopic (exact) mass is 272 g/mol. The van der Waals surface area contributed by atoms with E-state index in [-0.39, 0.29) is 5.56 Å². The predicted molar refractivity (Wildman–Crippen MR) is 73.8 cm³/mol. The van der Waals surface area contributed by atoms with Gasteiger partial charge in [-0.15, -0.1) is 0 Å². The number of fused-ring (bicyclic) bond motifs is 1. The van der Waals surface area contributed by atoms with Crippen molar-refractivity contribution in [3.8, 4) is 5.88 Å². The van der Waals surface area contributed by atoms with Crippen LogP contribution in [-0.4, -0.2) is 28.4 Å². The summed E-state index contributed by atoms with van der Waals surface area (Å²) in [6.07, 6.45) is 2.51. The largest absolute Gasteiger partial charge is 0.481 e. The first-order valence-electron chi connectivity index (χ1n) is 6.56. The molecule has 0 unspecified atom stereocenters. The van der Waals surface area contributed by atoms with Gasteiger partial charge in [-0.05, 0) is 11.6 Å². The number of methoxy groups -OCH3 is 1. The number of ether oxygens (including phenoxy) is 1. The molecular formula is C14H16N4O2. The van der Waals surface area contributed by atoms with Gasteiger partial charge >= 0.3 is 0 Å². The Bertz CT molecular complexity index is 681. The van der Waals surface area contributed by atoms with Gasteiger partial charge in [-0.3, -0.25) is 4.79 Å². The number of aromatic nitrogens is 3. The van der Waals surface area contributed by atoms with Gasteiger partial charge in [-0.1, -0.05) is 6.07 Å². The lowest BCUT2D eigenvalue weighted by Crippen LogP contribution is -2.32. The van der Waals surface area contributed by atoms with Crippen LogP contribution in [-0.2, 0) is 19.5 Å². The van der Waals surface area contributed by atoms with Crippen LogP contribution in [0, 0.1) is 0 Å². The van der Waals surface area contributed by atoms with Crippen LogP contribution in [0.4, 0.5) is 0 Å². The summed E-state index contributed by atoms with van der Waals surface area (Å²) in [7, 11) is 1.57. The average Bonchev–Trinajstić information content (AvgIpc) is 2.48. The SMILES string of the molecule is COc1ncccc1Cn1nc2c(cc1=O)CNCC2. The van der Waals surface area contributed by atoms with Gasteiger partial charge in [0.25, 0.3) is 5.56 Å². The summed E-state index contributed by atoms with van der Waals surface area (Å²) in [6.45, 7) is 1.99. The molecule has 1 aliphatic heterocycles. The fourth-order valence-corrected chi connectivity index (χ4v) is 2.36. The molecule has 1 N–H and O–H groups in total. The van der Waals surface area contributed by atoms with Crippen LogP contribution >= 0.6 is 0 Å². The number of hydrogen-bond donors (Lipinski definition) is 1. The molecule has 1 aliphatic rings. The second-order valence-corrected chi connectivity index (χ2v) is 4.71. The minimum Gasteiger partial charge on any atom is -0.481 e. The molecule has 2 aromatic heterocycles. The Balaban J connectivity index is 1.96. The molecule has 0 saturated carbocycles. The normalized spacial score (nSPS) is 13.8. The molecule has 6 heteroatoms. The maximum Gasteiger partial charge on any atom is 0.267 e. The number of hydrogen-bond acceptors (Lipinski definition) is 5. The molecule has 0 aromatic carbocycles. The van der Waals surface area contributed by atoms with E-state index in [9.17, 15) is 4.79 Å². The first-order chi connectivity index (χ1) is 9.78. The molecule has 2 aromatic rings. The van der Waals surface area contributed by atoms with E-state index in [1.165, 1.54) is 4.68 Å². The average molecular weight is 272 g/mol. The van der Waals surface area contributed by atoms with E-state index in [1.54, 1.807) is 19.4 Å². The van der Waals surface area contributed by atoms with Crippen LogP contribution in [0.25, 0.3) is 0 Å². The maximum absolute atomic E-state index is 12.1. The number of nitrogens with one attached hydrogen (secondary N) is 1. The summed E-state index contributed by atoms with van der Waals surface area (Å²) >= 11 is 0. The zero-order valence-electron chi connectivity index (χ0n) is 11.3. The van der Waals surface area contributed by atoms with E-state index in [4.69, 9.17) is 4.74 Å². The molecular weight excluding hydrogens is 256 g/mol. The third-order valence-corrected chi connectivity index (χ3v) is 3.38. The number of pyridine rings is 1. The third-order valence-electron chi connectivity index (χ3n) is 3.38. The summed E-state index contributed by atoms with van der Waals surface area (Å²) in [5.74, 6) is 0.528. The van der Waals surface area contributed by atoms with Crippen LogP contribution in [0.2, 0.25) is 0 Å². The van der Waals surface area contributed by atoms with Crippen molar-refractivity contribution >= 4 is 0 Å². The van der Waals surface area contributed by atoms with Gasteiger partial charge < -0.3 is 10.1 Å². The van der Waals surface area contributed by atoms with E-state index in [1.807, 2.05) is 12.1 Å². The van der Waals surface area contributed by atoms with E-state index in [2.05, 4.69) is 15.4 Å². The first kappa shape index (κ1) is 12.8. The second kappa shape index (κ2) is 5.42. The van der Waals surface area contributed by atoms with Crippen LogP contribution in [0.5, 0.6) is 5.88 Å². The highest BCUT2D eigenvalue weighted by atomic mass is 16.5. The summed E-state index contributed by atoms with van der Waals surface area (Å²) in [4.78, 5) is 16.2. The molecule has 0 atom stereocenters. The Hall–Kier alpha value is -2.21. The predicted octanol–water partition coefficient (Wildman–Crippen LogP) is 0.341. The molecule has 0 aliphatic carbocycles. The Kier molecular flexibility index (Phi) is 3.47. The molecule has 0 saturated heterocycles. The van der Waals surface area contributed by atoms with Gasteiger partial charge in [0.05, 0.1) is 19.3 Å².